The van der Waals surface area contributed by atoms with Crippen LogP contribution in [0, 0.1) is 6.92 Å². The molecular formula is C23H28N2O. The molecule has 0 unspecified atom stereocenters. The number of nitrogens with zero attached hydrogens (tertiary/aromatic N) is 1. The van der Waals surface area contributed by atoms with Gasteiger partial charge >= 0.3 is 0 Å². The maximum absolute atomic E-state index is 13.1. The van der Waals surface area contributed by atoms with Crippen molar-refractivity contribution < 1.29 is 0 Å². The molecule has 0 radical (unpaired) electrons. The molecule has 0 amide bonds. The fourth-order valence-electron chi connectivity index (χ4n) is 3.45. The van der Waals surface area contributed by atoms with Crippen molar-refractivity contribution in [1.29, 1.82) is 0 Å². The monoisotopic (exact) mass is 348 g/mol. The van der Waals surface area contributed by atoms with E-state index in [-0.39, 0.29) is 5.43 Å². The van der Waals surface area contributed by atoms with Crippen LogP contribution in [0.25, 0.3) is 10.9 Å². The number of aryl methyl sites for hydroxylation is 2. The Bertz CT molecular complexity index is 928. The van der Waals surface area contributed by atoms with E-state index in [9.17, 15) is 4.79 Å². The summed E-state index contributed by atoms with van der Waals surface area (Å²) in [4.78, 5) is 18.7. The van der Waals surface area contributed by atoms with Crippen LogP contribution in [0.3, 0.4) is 0 Å². The highest BCUT2D eigenvalue weighted by Crippen LogP contribution is 2.16. The van der Waals surface area contributed by atoms with Gasteiger partial charge in [0.05, 0.1) is 0 Å². The highest BCUT2D eigenvalue weighted by atomic mass is 16.1. The fraction of sp³-hybridized carbons (Fsp3) is 0.348. The van der Waals surface area contributed by atoms with Crippen molar-refractivity contribution in [1.82, 2.24) is 9.88 Å². The summed E-state index contributed by atoms with van der Waals surface area (Å²) in [5.41, 5.74) is 5.42. The normalized spacial score (nSPS) is 11.4. The van der Waals surface area contributed by atoms with Crippen molar-refractivity contribution in [2.24, 2.45) is 0 Å². The lowest BCUT2D eigenvalue weighted by molar-refractivity contribution is 0.317. The van der Waals surface area contributed by atoms with E-state index in [0.29, 0.717) is 6.54 Å². The third-order valence-corrected chi connectivity index (χ3v) is 4.92. The van der Waals surface area contributed by atoms with Crippen LogP contribution < -0.4 is 5.43 Å². The first-order chi connectivity index (χ1) is 12.6. The van der Waals surface area contributed by atoms with Gasteiger partial charge in [-0.05, 0) is 50.1 Å². The lowest BCUT2D eigenvalue weighted by atomic mass is 10.0. The lowest BCUT2D eigenvalue weighted by Crippen LogP contribution is -2.24. The second-order valence-electron chi connectivity index (χ2n) is 7.20. The van der Waals surface area contributed by atoms with Crippen molar-refractivity contribution >= 4 is 10.9 Å². The third kappa shape index (κ3) is 4.23. The van der Waals surface area contributed by atoms with E-state index in [4.69, 9.17) is 0 Å². The minimum atomic E-state index is 0.162. The SMILES string of the molecule is CCCCc1ccc2[nH]c(C)c(CN(C)Cc3ccccc3)c(=O)c2c1. The number of nitrogens with one attached hydrogen (secondary N) is 1. The van der Waals surface area contributed by atoms with Crippen LogP contribution in [0.1, 0.15) is 42.1 Å². The molecule has 1 aromatic heterocycles. The zero-order valence-electron chi connectivity index (χ0n) is 16.0. The molecule has 0 atom stereocenters. The number of hydrogen-bond acceptors (Lipinski definition) is 2. The molecule has 0 saturated heterocycles. The van der Waals surface area contributed by atoms with Gasteiger partial charge in [0.25, 0.3) is 0 Å². The first-order valence-electron chi connectivity index (χ1n) is 9.45. The molecule has 3 rings (SSSR count). The standard InChI is InChI=1S/C23H28N2O/c1-4-5-9-18-12-13-22-20(14-18)23(26)21(17(2)24-22)16-25(3)15-19-10-7-6-8-11-19/h6-8,10-14H,4-5,9,15-16H2,1-3H3,(H,24,26). The van der Waals surface area contributed by atoms with Gasteiger partial charge in [0.15, 0.2) is 5.43 Å². The molecular weight excluding hydrogens is 320 g/mol. The highest BCUT2D eigenvalue weighted by Gasteiger charge is 2.12. The molecule has 26 heavy (non-hydrogen) atoms. The number of H-pyrrole nitrogens is 1. The van der Waals surface area contributed by atoms with Crippen molar-refractivity contribution in [3.63, 3.8) is 0 Å². The summed E-state index contributed by atoms with van der Waals surface area (Å²) < 4.78 is 0. The van der Waals surface area contributed by atoms with Crippen LogP contribution in [0.15, 0.2) is 53.3 Å². The predicted octanol–water partition coefficient (Wildman–Crippen LogP) is 4.81. The molecule has 1 heterocycles. The molecule has 0 fully saturated rings. The van der Waals surface area contributed by atoms with Crippen molar-refractivity contribution in [2.75, 3.05) is 7.05 Å². The van der Waals surface area contributed by atoms with Gasteiger partial charge in [-0.2, -0.15) is 0 Å². The average molecular weight is 348 g/mol. The molecule has 0 aliphatic carbocycles. The van der Waals surface area contributed by atoms with Crippen LogP contribution in [0.2, 0.25) is 0 Å². The van der Waals surface area contributed by atoms with Crippen molar-refractivity contribution in [3.8, 4) is 0 Å². The molecule has 2 aromatic carbocycles. The largest absolute Gasteiger partial charge is 0.358 e. The summed E-state index contributed by atoms with van der Waals surface area (Å²) in [6, 6.07) is 16.6. The molecule has 3 nitrogen and oxygen atoms in total. The number of rotatable bonds is 7. The van der Waals surface area contributed by atoms with E-state index < -0.39 is 0 Å². The number of hydrogen-bond donors (Lipinski definition) is 1. The van der Waals surface area contributed by atoms with Crippen LogP contribution in [0.4, 0.5) is 0 Å². The summed E-state index contributed by atoms with van der Waals surface area (Å²) in [7, 11) is 2.06. The molecule has 0 aliphatic rings. The topological polar surface area (TPSA) is 36.1 Å². The summed E-state index contributed by atoms with van der Waals surface area (Å²) in [6.07, 6.45) is 3.35. The van der Waals surface area contributed by atoms with Gasteiger partial charge in [-0.3, -0.25) is 9.69 Å². The molecule has 136 valence electrons. The summed E-state index contributed by atoms with van der Waals surface area (Å²) in [6.45, 7) is 5.66. The maximum Gasteiger partial charge on any atom is 0.194 e. The fourth-order valence-corrected chi connectivity index (χ4v) is 3.45. The summed E-state index contributed by atoms with van der Waals surface area (Å²) >= 11 is 0. The minimum Gasteiger partial charge on any atom is -0.358 e. The van der Waals surface area contributed by atoms with E-state index >= 15 is 0 Å². The Kier molecular flexibility index (Phi) is 5.89. The summed E-state index contributed by atoms with van der Waals surface area (Å²) in [5, 5.41) is 0.812. The van der Waals surface area contributed by atoms with Gasteiger partial charge in [0.2, 0.25) is 0 Å². The Hall–Kier alpha value is -2.39. The first kappa shape index (κ1) is 18.4. The molecule has 0 aliphatic heterocycles. The van der Waals surface area contributed by atoms with Crippen LogP contribution in [0.5, 0.6) is 0 Å². The van der Waals surface area contributed by atoms with E-state index in [2.05, 4.69) is 60.3 Å². The van der Waals surface area contributed by atoms with E-state index in [1.807, 2.05) is 19.1 Å². The summed E-state index contributed by atoms with van der Waals surface area (Å²) in [5.74, 6) is 0. The lowest BCUT2D eigenvalue weighted by Gasteiger charge is -2.18. The zero-order valence-corrected chi connectivity index (χ0v) is 16.0. The molecule has 0 saturated carbocycles. The number of pyridine rings is 1. The molecule has 3 aromatic rings. The van der Waals surface area contributed by atoms with Gasteiger partial charge in [-0.25, -0.2) is 0 Å². The van der Waals surface area contributed by atoms with E-state index in [1.54, 1.807) is 0 Å². The van der Waals surface area contributed by atoms with Crippen LogP contribution in [-0.2, 0) is 19.5 Å². The third-order valence-electron chi connectivity index (χ3n) is 4.92. The van der Waals surface area contributed by atoms with Gasteiger partial charge in [0.1, 0.15) is 0 Å². The quantitative estimate of drug-likeness (QED) is 0.665. The molecule has 0 bridgehead atoms. The molecule has 0 spiro atoms. The van der Waals surface area contributed by atoms with Gasteiger partial charge < -0.3 is 4.98 Å². The zero-order chi connectivity index (χ0) is 18.5. The Morgan fingerprint density at radius 2 is 1.77 bits per heavy atom. The Balaban J connectivity index is 1.88. The number of fused-ring (bicyclic) bond motifs is 1. The molecule has 1 N–H and O–H groups in total. The smallest absolute Gasteiger partial charge is 0.194 e. The van der Waals surface area contributed by atoms with Gasteiger partial charge in [-0.15, -0.1) is 0 Å². The highest BCUT2D eigenvalue weighted by molar-refractivity contribution is 5.80. The molecule has 3 heteroatoms. The van der Waals surface area contributed by atoms with E-state index in [1.165, 1.54) is 11.1 Å². The van der Waals surface area contributed by atoms with Crippen molar-refractivity contribution in [2.45, 2.75) is 46.2 Å². The average Bonchev–Trinajstić information content (AvgIpc) is 2.64. The number of aromatic amines is 1. The number of aromatic nitrogens is 1. The Morgan fingerprint density at radius 1 is 1.00 bits per heavy atom. The first-order valence-corrected chi connectivity index (χ1v) is 9.45. The number of benzene rings is 2. The van der Waals surface area contributed by atoms with Crippen LogP contribution >= 0.6 is 0 Å². The number of unbranched alkanes of at least 4 members (excludes halogenated alkanes) is 1. The predicted molar refractivity (Wildman–Crippen MR) is 110 cm³/mol. The Labute approximate surface area is 155 Å². The van der Waals surface area contributed by atoms with Crippen LogP contribution in [-0.4, -0.2) is 16.9 Å². The van der Waals surface area contributed by atoms with Gasteiger partial charge in [-0.1, -0.05) is 49.7 Å². The second-order valence-corrected chi connectivity index (χ2v) is 7.20. The minimum absolute atomic E-state index is 0.162. The second kappa shape index (κ2) is 8.33. The maximum atomic E-state index is 13.1. The van der Waals surface area contributed by atoms with E-state index in [0.717, 1.165) is 48.0 Å². The van der Waals surface area contributed by atoms with Gasteiger partial charge in [0, 0.05) is 35.2 Å². The Morgan fingerprint density at radius 3 is 2.50 bits per heavy atom. The van der Waals surface area contributed by atoms with Crippen molar-refractivity contribution in [3.05, 3.63) is 81.1 Å².